The van der Waals surface area contributed by atoms with Crippen molar-refractivity contribution in [2.45, 2.75) is 53.2 Å². The summed E-state index contributed by atoms with van der Waals surface area (Å²) in [5, 5.41) is 2.65. The van der Waals surface area contributed by atoms with Crippen LogP contribution in [0.25, 0.3) is 0 Å². The van der Waals surface area contributed by atoms with Gasteiger partial charge in [-0.2, -0.15) is 0 Å². The molecule has 0 spiro atoms. The fourth-order valence-corrected chi connectivity index (χ4v) is 1.81. The van der Waals surface area contributed by atoms with E-state index in [-0.39, 0.29) is 0 Å². The van der Waals surface area contributed by atoms with Gasteiger partial charge < -0.3 is 10.5 Å². The van der Waals surface area contributed by atoms with Crippen LogP contribution in [0.5, 0.6) is 0 Å². The monoisotopic (exact) mass is 265 g/mol. The van der Waals surface area contributed by atoms with Crippen molar-refractivity contribution < 1.29 is 9.53 Å². The number of nitrogens with two attached hydrogens (primary N) is 1. The molecule has 1 amide bonds. The zero-order valence-electron chi connectivity index (χ0n) is 12.3. The van der Waals surface area contributed by atoms with Crippen LogP contribution in [0.3, 0.4) is 0 Å². The normalized spacial score (nSPS) is 11.3. The van der Waals surface area contributed by atoms with Crippen molar-refractivity contribution in [3.63, 3.8) is 0 Å². The molecule has 0 aliphatic carbocycles. The minimum absolute atomic E-state index is 0.453. The summed E-state index contributed by atoms with van der Waals surface area (Å²) in [7, 11) is 0. The molecule has 106 valence electrons. The summed E-state index contributed by atoms with van der Waals surface area (Å²) in [6.07, 6.45) is 0.277. The van der Waals surface area contributed by atoms with E-state index < -0.39 is 11.7 Å². The molecule has 3 N–H and O–H groups in total. The van der Waals surface area contributed by atoms with Crippen LogP contribution in [-0.4, -0.2) is 16.7 Å². The molecule has 0 bridgehead atoms. The number of pyridine rings is 1. The lowest BCUT2D eigenvalue weighted by Gasteiger charge is -2.20. The van der Waals surface area contributed by atoms with Gasteiger partial charge in [-0.25, -0.2) is 9.78 Å². The molecule has 1 rings (SSSR count). The number of aryl methyl sites for hydroxylation is 2. The van der Waals surface area contributed by atoms with E-state index in [1.165, 1.54) is 0 Å². The highest BCUT2D eigenvalue weighted by Gasteiger charge is 2.17. The molecule has 0 saturated heterocycles. The Morgan fingerprint density at radius 2 is 2.11 bits per heavy atom. The summed E-state index contributed by atoms with van der Waals surface area (Å²) >= 11 is 0. The first kappa shape index (κ1) is 15.4. The highest BCUT2D eigenvalue weighted by molar-refractivity contribution is 5.83. The van der Waals surface area contributed by atoms with E-state index in [9.17, 15) is 4.79 Å². The van der Waals surface area contributed by atoms with E-state index in [2.05, 4.69) is 10.3 Å². The van der Waals surface area contributed by atoms with Crippen molar-refractivity contribution >= 4 is 11.9 Å². The third-order valence-corrected chi connectivity index (χ3v) is 2.60. The number of ether oxygens (including phenoxy) is 1. The molecule has 0 fully saturated rings. The predicted octanol–water partition coefficient (Wildman–Crippen LogP) is 2.76. The van der Waals surface area contributed by atoms with Crippen LogP contribution in [0.15, 0.2) is 6.07 Å². The minimum Gasteiger partial charge on any atom is -0.444 e. The topological polar surface area (TPSA) is 77.2 Å². The minimum atomic E-state index is -0.524. The second-order valence-electron chi connectivity index (χ2n) is 5.43. The average Bonchev–Trinajstić information content (AvgIpc) is 2.25. The van der Waals surface area contributed by atoms with Crippen LogP contribution in [0.1, 0.15) is 44.5 Å². The second kappa shape index (κ2) is 6.02. The van der Waals surface area contributed by atoms with Crippen LogP contribution in [-0.2, 0) is 17.7 Å². The van der Waals surface area contributed by atoms with Crippen molar-refractivity contribution in [1.29, 1.82) is 0 Å². The van der Waals surface area contributed by atoms with E-state index >= 15 is 0 Å². The summed E-state index contributed by atoms with van der Waals surface area (Å²) in [6, 6.07) is 1.81. The molecule has 0 saturated carbocycles. The number of aromatic nitrogens is 1. The molecule has 1 heterocycles. The van der Waals surface area contributed by atoms with Crippen LogP contribution in [0.4, 0.5) is 10.6 Å². The number of carbonyl (C=O) groups excluding carboxylic acids is 1. The lowest BCUT2D eigenvalue weighted by Crippen LogP contribution is -2.27. The van der Waals surface area contributed by atoms with Crippen LogP contribution >= 0.6 is 0 Å². The van der Waals surface area contributed by atoms with E-state index in [1.54, 1.807) is 0 Å². The second-order valence-corrected chi connectivity index (χ2v) is 5.43. The summed E-state index contributed by atoms with van der Waals surface area (Å²) in [4.78, 5) is 16.1. The Hall–Kier alpha value is -1.62. The number of amides is 1. The number of rotatable bonds is 3. The fraction of sp³-hybridized carbons (Fsp3) is 0.571. The molecule has 1 aromatic heterocycles. The molecule has 0 aromatic carbocycles. The van der Waals surface area contributed by atoms with Gasteiger partial charge in [0.1, 0.15) is 11.4 Å². The maximum atomic E-state index is 11.7. The largest absolute Gasteiger partial charge is 0.444 e. The Morgan fingerprint density at radius 1 is 1.47 bits per heavy atom. The van der Waals surface area contributed by atoms with Crippen molar-refractivity contribution in [1.82, 2.24) is 4.98 Å². The third-order valence-electron chi connectivity index (χ3n) is 2.60. The number of hydrogen-bond donors (Lipinski definition) is 2. The highest BCUT2D eigenvalue weighted by Crippen LogP contribution is 2.18. The highest BCUT2D eigenvalue weighted by atomic mass is 16.6. The lowest BCUT2D eigenvalue weighted by atomic mass is 10.1. The first-order valence-electron chi connectivity index (χ1n) is 6.46. The van der Waals surface area contributed by atoms with E-state index in [4.69, 9.17) is 10.5 Å². The fourth-order valence-electron chi connectivity index (χ4n) is 1.81. The Bertz CT molecular complexity index is 464. The Morgan fingerprint density at radius 3 is 2.58 bits per heavy atom. The van der Waals surface area contributed by atoms with Gasteiger partial charge in [-0.05, 0) is 51.3 Å². The van der Waals surface area contributed by atoms with Gasteiger partial charge in [0.25, 0.3) is 0 Å². The third kappa shape index (κ3) is 4.52. The average molecular weight is 265 g/mol. The molecule has 0 unspecified atom stereocenters. The maximum Gasteiger partial charge on any atom is 0.413 e. The maximum absolute atomic E-state index is 11.7. The molecule has 5 nitrogen and oxygen atoms in total. The molecular formula is C14H23N3O2. The van der Waals surface area contributed by atoms with Gasteiger partial charge in [0.15, 0.2) is 0 Å². The molecule has 0 radical (unpaired) electrons. The molecule has 1 aromatic rings. The smallest absolute Gasteiger partial charge is 0.413 e. The zero-order valence-corrected chi connectivity index (χ0v) is 12.3. The quantitative estimate of drug-likeness (QED) is 0.881. The summed E-state index contributed by atoms with van der Waals surface area (Å²) in [5.74, 6) is 0.501. The molecule has 0 aliphatic heterocycles. The van der Waals surface area contributed by atoms with Crippen LogP contribution in [0.2, 0.25) is 0 Å². The van der Waals surface area contributed by atoms with Gasteiger partial charge in [0.2, 0.25) is 0 Å². The number of nitrogens with zero attached hydrogens (tertiary/aromatic N) is 1. The molecular weight excluding hydrogens is 242 g/mol. The van der Waals surface area contributed by atoms with Gasteiger partial charge >= 0.3 is 6.09 Å². The number of carbonyl (C=O) groups is 1. The van der Waals surface area contributed by atoms with E-state index in [0.29, 0.717) is 12.4 Å². The number of nitrogens with one attached hydrogen (secondary N) is 1. The number of hydrogen-bond acceptors (Lipinski definition) is 4. The number of anilines is 1. The molecule has 0 atom stereocenters. The van der Waals surface area contributed by atoms with Crippen molar-refractivity contribution in [2.24, 2.45) is 5.73 Å². The summed E-state index contributed by atoms with van der Waals surface area (Å²) in [6.45, 7) is 9.89. The lowest BCUT2D eigenvalue weighted by molar-refractivity contribution is 0.0635. The van der Waals surface area contributed by atoms with Gasteiger partial charge in [0, 0.05) is 12.2 Å². The van der Waals surface area contributed by atoms with Crippen molar-refractivity contribution in [3.05, 3.63) is 22.9 Å². The van der Waals surface area contributed by atoms with Gasteiger partial charge in [0.05, 0.1) is 0 Å². The predicted molar refractivity (Wildman–Crippen MR) is 76.1 cm³/mol. The zero-order chi connectivity index (χ0) is 14.6. The van der Waals surface area contributed by atoms with Crippen LogP contribution in [0, 0.1) is 6.92 Å². The molecule has 5 heteroatoms. The van der Waals surface area contributed by atoms with E-state index in [0.717, 1.165) is 23.2 Å². The van der Waals surface area contributed by atoms with Gasteiger partial charge in [-0.15, -0.1) is 0 Å². The summed E-state index contributed by atoms with van der Waals surface area (Å²) < 4.78 is 5.20. The van der Waals surface area contributed by atoms with E-state index in [1.807, 2.05) is 40.7 Å². The molecule has 0 aliphatic rings. The Balaban J connectivity index is 2.91. The first-order chi connectivity index (χ1) is 8.76. The SMILES string of the molecule is CCc1nc(NC(=O)OC(C)(C)C)cc(C)c1CN. The van der Waals surface area contributed by atoms with Crippen molar-refractivity contribution in [2.75, 3.05) is 5.32 Å². The van der Waals surface area contributed by atoms with Gasteiger partial charge in [-0.3, -0.25) is 5.32 Å². The Kier molecular flexibility index (Phi) is 4.89. The molecule has 19 heavy (non-hydrogen) atoms. The standard InChI is InChI=1S/C14H23N3O2/c1-6-11-10(8-15)9(2)7-12(16-11)17-13(18)19-14(3,4)5/h7H,6,8,15H2,1-5H3,(H,16,17,18). The van der Waals surface area contributed by atoms with Gasteiger partial charge in [-0.1, -0.05) is 6.92 Å². The van der Waals surface area contributed by atoms with Crippen LogP contribution < -0.4 is 11.1 Å². The van der Waals surface area contributed by atoms with Crippen molar-refractivity contribution in [3.8, 4) is 0 Å². The Labute approximate surface area is 114 Å². The summed E-state index contributed by atoms with van der Waals surface area (Å²) in [5.41, 5.74) is 8.16. The first-order valence-corrected chi connectivity index (χ1v) is 6.46.